The second-order valence-electron chi connectivity index (χ2n) is 11.3. The highest BCUT2D eigenvalue weighted by atomic mass is 31.1. The minimum absolute atomic E-state index is 0.0334. The summed E-state index contributed by atoms with van der Waals surface area (Å²) in [5.41, 5.74) is 2.60. The van der Waals surface area contributed by atoms with E-state index in [-0.39, 0.29) is 14.0 Å². The van der Waals surface area contributed by atoms with E-state index >= 15 is 0 Å². The van der Waals surface area contributed by atoms with Crippen molar-refractivity contribution in [2.75, 3.05) is 19.3 Å². The molecule has 0 unspecified atom stereocenters. The molecule has 2 amide bonds. The second-order valence-corrected chi connectivity index (χ2v) is 16.7. The number of hydrogen-bond donors (Lipinski definition) is 1. The molecule has 1 heterocycles. The average molecular weight is 537 g/mol. The second kappa shape index (κ2) is 13.6. The van der Waals surface area contributed by atoms with Gasteiger partial charge in [0.1, 0.15) is 0 Å². The molecule has 200 valence electrons. The molecule has 1 aliphatic heterocycles. The van der Waals surface area contributed by atoms with E-state index in [1.165, 1.54) is 81.2 Å². The van der Waals surface area contributed by atoms with Crippen LogP contribution in [0.3, 0.4) is 0 Å². The third-order valence-corrected chi connectivity index (χ3v) is 15.5. The van der Waals surface area contributed by atoms with E-state index in [0.717, 1.165) is 29.7 Å². The molecular weight excluding hydrogens is 490 g/mol. The molecule has 0 spiro atoms. The molecular formula is C32H46N2OP2. The maximum Gasteiger partial charge on any atom is 0.317 e. The zero-order valence-corrected chi connectivity index (χ0v) is 24.5. The third kappa shape index (κ3) is 6.78. The van der Waals surface area contributed by atoms with Gasteiger partial charge in [-0.25, -0.2) is 4.79 Å². The molecule has 0 aromatic heterocycles. The summed E-state index contributed by atoms with van der Waals surface area (Å²) in [6, 6.07) is 22.7. The average Bonchev–Trinajstić information content (AvgIpc) is 3.37. The van der Waals surface area contributed by atoms with Gasteiger partial charge in [-0.3, -0.25) is 0 Å². The maximum absolute atomic E-state index is 13.5. The number of hydrogen-bond acceptors (Lipinski definition) is 1. The normalized spacial score (nSPS) is 23.6. The molecule has 3 aliphatic rings. The van der Waals surface area contributed by atoms with Gasteiger partial charge in [-0.2, -0.15) is 0 Å². The van der Waals surface area contributed by atoms with Gasteiger partial charge in [0.25, 0.3) is 0 Å². The predicted octanol–water partition coefficient (Wildman–Crippen LogP) is 7.44. The smallest absolute Gasteiger partial charge is 0.317 e. The van der Waals surface area contributed by atoms with Crippen molar-refractivity contribution in [3.63, 3.8) is 0 Å². The summed E-state index contributed by atoms with van der Waals surface area (Å²) in [4.78, 5) is 15.7. The molecule has 2 saturated carbocycles. The van der Waals surface area contributed by atoms with Crippen LogP contribution in [0.25, 0.3) is 0 Å². The molecule has 2 aliphatic carbocycles. The Kier molecular flexibility index (Phi) is 9.96. The van der Waals surface area contributed by atoms with Gasteiger partial charge >= 0.3 is 6.03 Å². The van der Waals surface area contributed by atoms with Crippen molar-refractivity contribution in [2.24, 2.45) is 0 Å². The Labute approximate surface area is 227 Å². The lowest BCUT2D eigenvalue weighted by atomic mass is 9.99. The number of benzene rings is 2. The fraction of sp³-hybridized carbons (Fsp3) is 0.594. The number of nitrogens with zero attached hydrogens (tertiary/aromatic N) is 1. The zero-order valence-electron chi connectivity index (χ0n) is 22.7. The van der Waals surface area contributed by atoms with E-state index in [4.69, 9.17) is 0 Å². The van der Waals surface area contributed by atoms with E-state index in [0.29, 0.717) is 12.6 Å². The molecule has 2 atom stereocenters. The molecule has 0 bridgehead atoms. The molecule has 5 rings (SSSR count). The first-order chi connectivity index (χ1) is 18.2. The molecule has 0 radical (unpaired) electrons. The van der Waals surface area contributed by atoms with Crippen LogP contribution in [0, 0.1) is 0 Å². The monoisotopic (exact) mass is 536 g/mol. The molecule has 3 nitrogen and oxygen atoms in total. The summed E-state index contributed by atoms with van der Waals surface area (Å²) in [5.74, 6) is 0. The van der Waals surface area contributed by atoms with Gasteiger partial charge in [-0.05, 0) is 80.7 Å². The van der Waals surface area contributed by atoms with Crippen molar-refractivity contribution >= 4 is 32.5 Å². The van der Waals surface area contributed by atoms with Crippen LogP contribution in [0.4, 0.5) is 4.79 Å². The minimum Gasteiger partial charge on any atom is -0.338 e. The number of urea groups is 1. The van der Waals surface area contributed by atoms with Gasteiger partial charge in [0.05, 0.1) is 0 Å². The number of amides is 2. The first-order valence-electron chi connectivity index (χ1n) is 14.9. The van der Waals surface area contributed by atoms with E-state index in [9.17, 15) is 4.79 Å². The highest BCUT2D eigenvalue weighted by Crippen LogP contribution is 2.61. The molecule has 3 fully saturated rings. The number of carbonyl (C=O) groups is 1. The van der Waals surface area contributed by atoms with Crippen molar-refractivity contribution in [1.82, 2.24) is 10.2 Å². The summed E-state index contributed by atoms with van der Waals surface area (Å²) < 4.78 is 0. The Morgan fingerprint density at radius 2 is 1.30 bits per heavy atom. The summed E-state index contributed by atoms with van der Waals surface area (Å²) in [7, 11) is -0.538. The van der Waals surface area contributed by atoms with E-state index in [1.54, 1.807) is 0 Å². The number of nitrogens with one attached hydrogen (secondary N) is 1. The van der Waals surface area contributed by atoms with Crippen molar-refractivity contribution in [2.45, 2.75) is 101 Å². The topological polar surface area (TPSA) is 32.3 Å². The maximum atomic E-state index is 13.5. The van der Waals surface area contributed by atoms with Crippen LogP contribution in [-0.4, -0.2) is 53.2 Å². The summed E-state index contributed by atoms with van der Waals surface area (Å²) in [6.07, 6.45) is 16.7. The van der Waals surface area contributed by atoms with Crippen LogP contribution in [0.5, 0.6) is 0 Å². The Balaban J connectivity index is 1.43. The van der Waals surface area contributed by atoms with Crippen molar-refractivity contribution in [3.8, 4) is 0 Å². The van der Waals surface area contributed by atoms with Crippen molar-refractivity contribution < 1.29 is 4.79 Å². The van der Waals surface area contributed by atoms with Crippen molar-refractivity contribution in [3.05, 3.63) is 60.7 Å². The van der Waals surface area contributed by atoms with Crippen LogP contribution in [-0.2, 0) is 0 Å². The van der Waals surface area contributed by atoms with E-state index in [2.05, 4.69) is 77.8 Å². The molecule has 1 N–H and O–H groups in total. The molecule has 1 saturated heterocycles. The standard InChI is InChI=1S/C32H46N2OP2/c1-2-33-32(35)34-24-31(37(29-19-11-5-12-20-29)30-21-13-6-14-22-30)23-26(34)25-36(27-15-7-3-8-16-27)28-17-9-4-10-18-28/h3-4,7-10,15-18,26,29-31H,2,5-6,11-14,19-25H2,1H3,(H,33,35)/t26-,31-/m0/s1. The summed E-state index contributed by atoms with van der Waals surface area (Å²) in [5, 5.41) is 6.06. The Bertz CT molecular complexity index is 902. The molecule has 37 heavy (non-hydrogen) atoms. The number of carbonyl (C=O) groups excluding carboxylic acids is 1. The van der Waals surface area contributed by atoms with E-state index < -0.39 is 7.92 Å². The third-order valence-electron chi connectivity index (χ3n) is 8.92. The van der Waals surface area contributed by atoms with Gasteiger partial charge in [0, 0.05) is 19.1 Å². The van der Waals surface area contributed by atoms with Gasteiger partial charge in [0.2, 0.25) is 0 Å². The quantitative estimate of drug-likeness (QED) is 0.350. The van der Waals surface area contributed by atoms with Crippen LogP contribution in [0.2, 0.25) is 0 Å². The molecule has 5 heteroatoms. The van der Waals surface area contributed by atoms with Gasteiger partial charge in [0.15, 0.2) is 0 Å². The lowest BCUT2D eigenvalue weighted by Gasteiger charge is -2.42. The summed E-state index contributed by atoms with van der Waals surface area (Å²) >= 11 is 0. The SMILES string of the molecule is CCNC(=O)N1C[C@@H](P(C2CCCCC2)C2CCCCC2)C[C@H]1CP(c1ccccc1)c1ccccc1. The highest BCUT2D eigenvalue weighted by molar-refractivity contribution is 7.73. The minimum atomic E-state index is -0.504. The van der Waals surface area contributed by atoms with Crippen LogP contribution < -0.4 is 15.9 Å². The Hall–Kier alpha value is -1.43. The number of likely N-dealkylation sites (tertiary alicyclic amines) is 1. The predicted molar refractivity (Wildman–Crippen MR) is 163 cm³/mol. The van der Waals surface area contributed by atoms with Crippen LogP contribution in [0.15, 0.2) is 60.7 Å². The summed E-state index contributed by atoms with van der Waals surface area (Å²) in [6.45, 7) is 3.75. The van der Waals surface area contributed by atoms with E-state index in [1.807, 2.05) is 0 Å². The first kappa shape index (κ1) is 27.1. The van der Waals surface area contributed by atoms with Gasteiger partial charge < -0.3 is 10.2 Å². The largest absolute Gasteiger partial charge is 0.338 e. The number of rotatable bonds is 8. The van der Waals surface area contributed by atoms with Gasteiger partial charge in [-0.1, -0.05) is 107 Å². The lowest BCUT2D eigenvalue weighted by molar-refractivity contribution is 0.197. The first-order valence-corrected chi connectivity index (χ1v) is 18.0. The van der Waals surface area contributed by atoms with Crippen LogP contribution >= 0.6 is 15.8 Å². The Morgan fingerprint density at radius 1 is 0.784 bits per heavy atom. The van der Waals surface area contributed by atoms with Crippen LogP contribution in [0.1, 0.15) is 77.6 Å². The fourth-order valence-electron chi connectivity index (χ4n) is 7.22. The fourth-order valence-corrected chi connectivity index (χ4v) is 14.3. The molecule has 2 aromatic rings. The van der Waals surface area contributed by atoms with Gasteiger partial charge in [-0.15, -0.1) is 0 Å². The lowest BCUT2D eigenvalue weighted by Crippen LogP contribution is -2.44. The zero-order chi connectivity index (χ0) is 25.5. The Morgan fingerprint density at radius 3 is 1.78 bits per heavy atom. The molecule has 2 aromatic carbocycles. The highest BCUT2D eigenvalue weighted by Gasteiger charge is 2.44. The van der Waals surface area contributed by atoms with Crippen molar-refractivity contribution in [1.29, 1.82) is 0 Å².